The second kappa shape index (κ2) is 7.82. The largest absolute Gasteiger partial charge is 0.494 e. The van der Waals surface area contributed by atoms with Crippen LogP contribution in [-0.2, 0) is 9.31 Å². The van der Waals surface area contributed by atoms with Gasteiger partial charge in [-0.25, -0.2) is 0 Å². The molecule has 3 rings (SSSR count). The van der Waals surface area contributed by atoms with Gasteiger partial charge in [-0.2, -0.15) is 0 Å². The minimum absolute atomic E-state index is 0.203. The van der Waals surface area contributed by atoms with E-state index in [1.54, 1.807) is 0 Å². The van der Waals surface area contributed by atoms with Crippen molar-refractivity contribution < 1.29 is 9.31 Å². The highest BCUT2D eigenvalue weighted by Crippen LogP contribution is 2.54. The SMILES string of the molecule is CC(C)[C@H]1OB(c2ccccc2)O[C@H](C(C)C)P1c1ccccc1. The average molecular weight is 340 g/mol. The van der Waals surface area contributed by atoms with Crippen LogP contribution < -0.4 is 10.8 Å². The Balaban J connectivity index is 1.96. The maximum absolute atomic E-state index is 6.49. The number of hydrogen-bond acceptors (Lipinski definition) is 2. The molecule has 2 aromatic carbocycles. The third-order valence-electron chi connectivity index (χ3n) is 4.34. The first-order valence-electron chi connectivity index (χ1n) is 8.77. The van der Waals surface area contributed by atoms with Gasteiger partial charge in [-0.1, -0.05) is 88.4 Å². The van der Waals surface area contributed by atoms with E-state index in [0.717, 1.165) is 5.46 Å². The fourth-order valence-electron chi connectivity index (χ4n) is 3.18. The molecule has 4 heteroatoms. The molecule has 0 spiro atoms. The van der Waals surface area contributed by atoms with Crippen LogP contribution >= 0.6 is 7.92 Å². The van der Waals surface area contributed by atoms with Crippen molar-refractivity contribution in [1.29, 1.82) is 0 Å². The predicted molar refractivity (Wildman–Crippen MR) is 104 cm³/mol. The van der Waals surface area contributed by atoms with Gasteiger partial charge in [0.15, 0.2) is 0 Å². The minimum atomic E-state index is -0.534. The monoisotopic (exact) mass is 340 g/mol. The third kappa shape index (κ3) is 3.74. The van der Waals surface area contributed by atoms with Gasteiger partial charge in [0.25, 0.3) is 0 Å². The molecule has 1 heterocycles. The maximum atomic E-state index is 6.49. The molecule has 0 unspecified atom stereocenters. The summed E-state index contributed by atoms with van der Waals surface area (Å²) in [6, 6.07) is 21.1. The van der Waals surface area contributed by atoms with Crippen LogP contribution in [0.2, 0.25) is 0 Å². The molecule has 1 fully saturated rings. The van der Waals surface area contributed by atoms with Crippen LogP contribution in [0.5, 0.6) is 0 Å². The molecule has 1 aliphatic rings. The molecule has 0 aromatic heterocycles. The molecule has 0 radical (unpaired) electrons. The van der Waals surface area contributed by atoms with Crippen molar-refractivity contribution in [2.24, 2.45) is 11.8 Å². The van der Waals surface area contributed by atoms with Gasteiger partial charge in [0.05, 0.1) is 11.7 Å². The van der Waals surface area contributed by atoms with Crippen LogP contribution in [-0.4, -0.2) is 18.8 Å². The van der Waals surface area contributed by atoms with E-state index < -0.39 is 7.92 Å². The minimum Gasteiger partial charge on any atom is -0.400 e. The van der Waals surface area contributed by atoms with Crippen LogP contribution in [0.1, 0.15) is 27.7 Å². The summed E-state index contributed by atoms with van der Waals surface area (Å²) in [6.45, 7) is 9.03. The molecule has 126 valence electrons. The van der Waals surface area contributed by atoms with Crippen molar-refractivity contribution >= 4 is 25.8 Å². The normalized spacial score (nSPS) is 22.3. The summed E-state index contributed by atoms with van der Waals surface area (Å²) in [6.07, 6.45) is 0. The van der Waals surface area contributed by atoms with E-state index in [-0.39, 0.29) is 18.8 Å². The molecule has 2 nitrogen and oxygen atoms in total. The highest BCUT2D eigenvalue weighted by molar-refractivity contribution is 7.67. The van der Waals surface area contributed by atoms with Crippen molar-refractivity contribution in [2.75, 3.05) is 0 Å². The zero-order valence-corrected chi connectivity index (χ0v) is 15.8. The highest BCUT2D eigenvalue weighted by Gasteiger charge is 2.45. The Bertz CT molecular complexity index is 615. The lowest BCUT2D eigenvalue weighted by Gasteiger charge is -2.45. The second-order valence-corrected chi connectivity index (χ2v) is 9.38. The predicted octanol–water partition coefficient (Wildman–Crippen LogP) is 4.20. The second-order valence-electron chi connectivity index (χ2n) is 7.03. The first-order chi connectivity index (χ1) is 11.6. The van der Waals surface area contributed by atoms with Crippen molar-refractivity contribution in [3.8, 4) is 0 Å². The van der Waals surface area contributed by atoms with Crippen molar-refractivity contribution in [2.45, 2.75) is 39.4 Å². The molecule has 1 saturated heterocycles. The zero-order valence-electron chi connectivity index (χ0n) is 14.9. The van der Waals surface area contributed by atoms with Crippen molar-refractivity contribution in [3.05, 3.63) is 60.7 Å². The van der Waals surface area contributed by atoms with Gasteiger partial charge in [-0.05, 0) is 30.5 Å². The summed E-state index contributed by atoms with van der Waals surface area (Å²) in [5, 5.41) is 1.37. The number of rotatable bonds is 4. The lowest BCUT2D eigenvalue weighted by atomic mass is 9.78. The lowest BCUT2D eigenvalue weighted by molar-refractivity contribution is 0.107. The Labute approximate surface area is 147 Å². The summed E-state index contributed by atoms with van der Waals surface area (Å²) in [4.78, 5) is 0. The van der Waals surface area contributed by atoms with Gasteiger partial charge in [0, 0.05) is 0 Å². The van der Waals surface area contributed by atoms with Crippen LogP contribution in [0.3, 0.4) is 0 Å². The Morgan fingerprint density at radius 2 is 1.21 bits per heavy atom. The van der Waals surface area contributed by atoms with Gasteiger partial charge >= 0.3 is 7.12 Å². The summed E-state index contributed by atoms with van der Waals surface area (Å²) >= 11 is 0. The van der Waals surface area contributed by atoms with Crippen molar-refractivity contribution in [3.63, 3.8) is 0 Å². The molecule has 2 aromatic rings. The van der Waals surface area contributed by atoms with E-state index >= 15 is 0 Å². The molecule has 0 N–H and O–H groups in total. The Morgan fingerprint density at radius 1 is 0.750 bits per heavy atom. The third-order valence-corrected chi connectivity index (χ3v) is 7.77. The molecule has 1 aliphatic heterocycles. The van der Waals surface area contributed by atoms with Crippen LogP contribution in [0.4, 0.5) is 0 Å². The number of hydrogen-bond donors (Lipinski definition) is 0. The molecular weight excluding hydrogens is 314 g/mol. The Morgan fingerprint density at radius 3 is 1.67 bits per heavy atom. The fourth-order valence-corrected chi connectivity index (χ4v) is 6.34. The summed E-state index contributed by atoms with van der Waals surface area (Å²) in [7, 11) is -0.804. The topological polar surface area (TPSA) is 18.5 Å². The highest BCUT2D eigenvalue weighted by atomic mass is 31.1. The Hall–Kier alpha value is -1.15. The first-order valence-corrected chi connectivity index (χ1v) is 10.2. The van der Waals surface area contributed by atoms with Crippen LogP contribution in [0.25, 0.3) is 0 Å². The van der Waals surface area contributed by atoms with E-state index in [1.807, 2.05) is 18.2 Å². The fraction of sp³-hybridized carbons (Fsp3) is 0.400. The summed E-state index contributed by atoms with van der Waals surface area (Å²) in [5.74, 6) is 1.31. The summed E-state index contributed by atoms with van der Waals surface area (Å²) < 4.78 is 13.0. The quantitative estimate of drug-likeness (QED) is 0.613. The molecule has 0 amide bonds. The molecule has 0 saturated carbocycles. The molecule has 0 bridgehead atoms. The summed E-state index contributed by atoms with van der Waals surface area (Å²) in [5.41, 5.74) is 1.11. The van der Waals surface area contributed by atoms with Gasteiger partial charge in [0.2, 0.25) is 0 Å². The Kier molecular flexibility index (Phi) is 5.76. The van der Waals surface area contributed by atoms with E-state index in [2.05, 4.69) is 70.2 Å². The van der Waals surface area contributed by atoms with Gasteiger partial charge < -0.3 is 9.31 Å². The maximum Gasteiger partial charge on any atom is 0.494 e. The van der Waals surface area contributed by atoms with Crippen LogP contribution in [0, 0.1) is 11.8 Å². The van der Waals surface area contributed by atoms with Gasteiger partial charge in [-0.3, -0.25) is 0 Å². The first kappa shape index (κ1) is 17.7. The van der Waals surface area contributed by atoms with E-state index in [9.17, 15) is 0 Å². The molecule has 2 atom stereocenters. The van der Waals surface area contributed by atoms with Gasteiger partial charge in [0.1, 0.15) is 0 Å². The molecular formula is C20H26BO2P. The smallest absolute Gasteiger partial charge is 0.400 e. The van der Waals surface area contributed by atoms with Gasteiger partial charge in [-0.15, -0.1) is 0 Å². The van der Waals surface area contributed by atoms with E-state index in [1.165, 1.54) is 5.30 Å². The molecule has 0 aliphatic carbocycles. The average Bonchev–Trinajstić information content (AvgIpc) is 2.62. The standard InChI is InChI=1S/C20H26BO2P/c1-15(2)19-22-21(17-11-7-5-8-12-17)23-20(16(3)4)24(19)18-13-9-6-10-14-18/h5-16,19-20H,1-4H3/t19-,20-/m0/s1. The number of benzene rings is 2. The van der Waals surface area contributed by atoms with Crippen molar-refractivity contribution in [1.82, 2.24) is 0 Å². The molecule has 24 heavy (non-hydrogen) atoms. The van der Waals surface area contributed by atoms with E-state index in [0.29, 0.717) is 11.8 Å². The lowest BCUT2D eigenvalue weighted by Crippen LogP contribution is -2.51. The zero-order chi connectivity index (χ0) is 17.1. The van der Waals surface area contributed by atoms with Crippen LogP contribution in [0.15, 0.2) is 60.7 Å². The van der Waals surface area contributed by atoms with E-state index in [4.69, 9.17) is 9.31 Å².